The topological polar surface area (TPSA) is 90.5 Å². The summed E-state index contributed by atoms with van der Waals surface area (Å²) in [5.74, 6) is -0.838. The highest BCUT2D eigenvalue weighted by atomic mass is 16.2. The molecule has 0 unspecified atom stereocenters. The van der Waals surface area contributed by atoms with Gasteiger partial charge in [-0.15, -0.1) is 0 Å². The predicted molar refractivity (Wildman–Crippen MR) is 116 cm³/mol. The van der Waals surface area contributed by atoms with Crippen LogP contribution in [-0.2, 0) is 9.59 Å². The molecule has 0 bridgehead atoms. The average Bonchev–Trinajstić information content (AvgIpc) is 3.16. The Morgan fingerprint density at radius 1 is 0.828 bits per heavy atom. The minimum absolute atomic E-state index is 0.260. The summed E-state index contributed by atoms with van der Waals surface area (Å²) in [5.41, 5.74) is 4.08. The maximum absolute atomic E-state index is 12.8. The number of benzene rings is 2. The van der Waals surface area contributed by atoms with Crippen LogP contribution in [0.25, 0.3) is 0 Å². The first-order valence-corrected chi connectivity index (χ1v) is 9.69. The summed E-state index contributed by atoms with van der Waals surface area (Å²) in [5, 5.41) is 8.23. The van der Waals surface area contributed by atoms with Gasteiger partial charge in [-0.25, -0.2) is 0 Å². The Balaban J connectivity index is 1.82. The zero-order valence-corrected chi connectivity index (χ0v) is 17.0. The molecule has 2 aromatic rings. The van der Waals surface area contributed by atoms with E-state index < -0.39 is 0 Å². The number of hydrogen-bond acceptors (Lipinski definition) is 4. The summed E-state index contributed by atoms with van der Waals surface area (Å²) in [4.78, 5) is 38.0. The molecular formula is C22H26N4O3. The van der Waals surface area contributed by atoms with Gasteiger partial charge in [0.05, 0.1) is 0 Å². The van der Waals surface area contributed by atoms with E-state index in [1.807, 2.05) is 19.1 Å². The molecule has 3 N–H and O–H groups in total. The van der Waals surface area contributed by atoms with E-state index in [0.717, 1.165) is 24.3 Å². The van der Waals surface area contributed by atoms with E-state index in [1.54, 1.807) is 18.2 Å². The van der Waals surface area contributed by atoms with Gasteiger partial charge in [0.25, 0.3) is 5.91 Å². The van der Waals surface area contributed by atoms with Crippen LogP contribution in [0.2, 0.25) is 0 Å². The molecule has 1 saturated heterocycles. The molecule has 0 saturated carbocycles. The Labute approximate surface area is 170 Å². The van der Waals surface area contributed by atoms with Crippen molar-refractivity contribution in [2.24, 2.45) is 0 Å². The lowest BCUT2D eigenvalue weighted by Crippen LogP contribution is -2.18. The molecule has 3 rings (SSSR count). The number of hydrogen-bond donors (Lipinski definition) is 3. The van der Waals surface area contributed by atoms with Crippen LogP contribution >= 0.6 is 0 Å². The maximum atomic E-state index is 12.8. The summed E-state index contributed by atoms with van der Waals surface area (Å²) in [7, 11) is 0. The number of amides is 3. The summed E-state index contributed by atoms with van der Waals surface area (Å²) in [6, 6.07) is 10.8. The molecule has 3 amide bonds. The minimum atomic E-state index is -0.319. The van der Waals surface area contributed by atoms with E-state index in [2.05, 4.69) is 26.9 Å². The van der Waals surface area contributed by atoms with Crippen molar-refractivity contribution < 1.29 is 14.4 Å². The zero-order valence-electron chi connectivity index (χ0n) is 17.0. The van der Waals surface area contributed by atoms with Crippen molar-refractivity contribution in [3.05, 3.63) is 47.5 Å². The highest BCUT2D eigenvalue weighted by Gasteiger charge is 2.15. The molecule has 0 atom stereocenters. The van der Waals surface area contributed by atoms with Gasteiger partial charge in [-0.05, 0) is 61.7 Å². The van der Waals surface area contributed by atoms with Crippen LogP contribution in [0.5, 0.6) is 0 Å². The van der Waals surface area contributed by atoms with Crippen LogP contribution in [-0.4, -0.2) is 30.8 Å². The highest BCUT2D eigenvalue weighted by Crippen LogP contribution is 2.26. The Hall–Kier alpha value is -3.35. The largest absolute Gasteiger partial charge is 0.372 e. The van der Waals surface area contributed by atoms with Gasteiger partial charge in [-0.2, -0.15) is 0 Å². The van der Waals surface area contributed by atoms with Crippen LogP contribution in [0, 0.1) is 6.92 Å². The van der Waals surface area contributed by atoms with Crippen molar-refractivity contribution in [1.29, 1.82) is 0 Å². The fraction of sp³-hybridized carbons (Fsp3) is 0.318. The molecule has 7 heteroatoms. The third kappa shape index (κ3) is 5.34. The quantitative estimate of drug-likeness (QED) is 0.720. The number of rotatable bonds is 5. The Morgan fingerprint density at radius 3 is 1.93 bits per heavy atom. The zero-order chi connectivity index (χ0) is 21.0. The fourth-order valence-corrected chi connectivity index (χ4v) is 3.46. The standard InChI is InChI=1S/C22H26N4O3/c1-14-10-20(26-8-4-5-9-26)6-7-21(14)25-22(29)17-11-18(23-15(2)27)13-19(12-17)24-16(3)28/h6-7,10-13H,4-5,8-9H2,1-3H3,(H,23,27)(H,24,28)(H,25,29). The minimum Gasteiger partial charge on any atom is -0.372 e. The molecule has 0 spiro atoms. The SMILES string of the molecule is CC(=O)Nc1cc(NC(C)=O)cc(C(=O)Nc2ccc(N3CCCC3)cc2C)c1. The van der Waals surface area contributed by atoms with Crippen LogP contribution in [0.15, 0.2) is 36.4 Å². The lowest BCUT2D eigenvalue weighted by atomic mass is 10.1. The van der Waals surface area contributed by atoms with Crippen molar-refractivity contribution in [2.75, 3.05) is 33.9 Å². The van der Waals surface area contributed by atoms with Gasteiger partial charge in [-0.3, -0.25) is 14.4 Å². The van der Waals surface area contributed by atoms with Gasteiger partial charge in [-0.1, -0.05) is 0 Å². The third-order valence-corrected chi connectivity index (χ3v) is 4.77. The van der Waals surface area contributed by atoms with Gasteiger partial charge in [0, 0.05) is 55.2 Å². The molecular weight excluding hydrogens is 368 g/mol. The number of aryl methyl sites for hydroxylation is 1. The summed E-state index contributed by atoms with van der Waals surface area (Å²) in [6.07, 6.45) is 2.41. The Kier molecular flexibility index (Phi) is 6.16. The number of carbonyl (C=O) groups is 3. The maximum Gasteiger partial charge on any atom is 0.255 e. The number of nitrogens with one attached hydrogen (secondary N) is 3. The monoisotopic (exact) mass is 394 g/mol. The van der Waals surface area contributed by atoms with Gasteiger partial charge >= 0.3 is 0 Å². The molecule has 7 nitrogen and oxygen atoms in total. The average molecular weight is 394 g/mol. The number of nitrogens with zero attached hydrogens (tertiary/aromatic N) is 1. The molecule has 1 aliphatic rings. The summed E-state index contributed by atoms with van der Waals surface area (Å²) in [6.45, 7) is 6.86. The van der Waals surface area contributed by atoms with Crippen molar-refractivity contribution in [2.45, 2.75) is 33.6 Å². The molecule has 0 aromatic heterocycles. The first-order valence-electron chi connectivity index (χ1n) is 9.69. The highest BCUT2D eigenvalue weighted by molar-refractivity contribution is 6.07. The van der Waals surface area contributed by atoms with Crippen LogP contribution in [0.1, 0.15) is 42.6 Å². The first kappa shape index (κ1) is 20.4. The molecule has 29 heavy (non-hydrogen) atoms. The van der Waals surface area contributed by atoms with Crippen LogP contribution < -0.4 is 20.9 Å². The smallest absolute Gasteiger partial charge is 0.255 e. The van der Waals surface area contributed by atoms with Crippen molar-refractivity contribution in [3.63, 3.8) is 0 Å². The molecule has 2 aromatic carbocycles. The fourth-order valence-electron chi connectivity index (χ4n) is 3.46. The first-order chi connectivity index (χ1) is 13.8. The van der Waals surface area contributed by atoms with E-state index >= 15 is 0 Å². The second kappa shape index (κ2) is 8.77. The van der Waals surface area contributed by atoms with Gasteiger partial charge < -0.3 is 20.9 Å². The lowest BCUT2D eigenvalue weighted by Gasteiger charge is -2.19. The number of anilines is 4. The van der Waals surface area contributed by atoms with Gasteiger partial charge in [0.2, 0.25) is 11.8 Å². The van der Waals surface area contributed by atoms with Crippen LogP contribution in [0.3, 0.4) is 0 Å². The summed E-state index contributed by atoms with van der Waals surface area (Å²) >= 11 is 0. The van der Waals surface area contributed by atoms with Gasteiger partial charge in [0.1, 0.15) is 0 Å². The van der Waals surface area contributed by atoms with Crippen molar-refractivity contribution in [1.82, 2.24) is 0 Å². The molecule has 152 valence electrons. The molecule has 0 radical (unpaired) electrons. The number of carbonyl (C=O) groups excluding carboxylic acids is 3. The van der Waals surface area contributed by atoms with E-state index in [-0.39, 0.29) is 17.7 Å². The second-order valence-corrected chi connectivity index (χ2v) is 7.31. The van der Waals surface area contributed by atoms with Gasteiger partial charge in [0.15, 0.2) is 0 Å². The Bertz CT molecular complexity index is 915. The molecule has 0 aliphatic carbocycles. The van der Waals surface area contributed by atoms with E-state index in [1.165, 1.54) is 32.4 Å². The second-order valence-electron chi connectivity index (χ2n) is 7.31. The predicted octanol–water partition coefficient (Wildman–Crippen LogP) is 3.76. The normalized spacial score (nSPS) is 13.1. The van der Waals surface area contributed by atoms with Crippen molar-refractivity contribution >= 4 is 40.5 Å². The molecule has 1 aliphatic heterocycles. The van der Waals surface area contributed by atoms with Crippen LogP contribution in [0.4, 0.5) is 22.7 Å². The third-order valence-electron chi connectivity index (χ3n) is 4.77. The van der Waals surface area contributed by atoms with E-state index in [0.29, 0.717) is 16.9 Å². The van der Waals surface area contributed by atoms with E-state index in [9.17, 15) is 14.4 Å². The molecule has 1 heterocycles. The van der Waals surface area contributed by atoms with E-state index in [4.69, 9.17) is 0 Å². The lowest BCUT2D eigenvalue weighted by molar-refractivity contribution is -0.115. The Morgan fingerprint density at radius 2 is 1.41 bits per heavy atom. The molecule has 1 fully saturated rings. The summed E-state index contributed by atoms with van der Waals surface area (Å²) < 4.78 is 0. The van der Waals surface area contributed by atoms with Crippen molar-refractivity contribution in [3.8, 4) is 0 Å².